The Kier molecular flexibility index (Phi) is 5.80. The van der Waals surface area contributed by atoms with E-state index in [1.54, 1.807) is 13.3 Å². The van der Waals surface area contributed by atoms with Crippen LogP contribution in [0.25, 0.3) is 11.3 Å². The normalized spacial score (nSPS) is 10.9. The Morgan fingerprint density at radius 3 is 2.50 bits per heavy atom. The quantitative estimate of drug-likeness (QED) is 0.424. The molecule has 0 saturated carbocycles. The van der Waals surface area contributed by atoms with Crippen LogP contribution in [0.4, 0.5) is 5.13 Å². The van der Waals surface area contributed by atoms with E-state index in [0.29, 0.717) is 5.13 Å². The predicted octanol–water partition coefficient (Wildman–Crippen LogP) is 4.97. The van der Waals surface area contributed by atoms with Crippen LogP contribution in [0, 0.1) is 0 Å². The number of aromatic nitrogens is 1. The smallest absolute Gasteiger partial charge is 0.246 e. The van der Waals surface area contributed by atoms with Crippen LogP contribution in [0.1, 0.15) is 12.5 Å². The van der Waals surface area contributed by atoms with Gasteiger partial charge in [0.15, 0.2) is 0 Å². The van der Waals surface area contributed by atoms with Gasteiger partial charge in [-0.05, 0) is 42.0 Å². The Morgan fingerprint density at radius 1 is 1.19 bits per heavy atom. The van der Waals surface area contributed by atoms with Crippen molar-refractivity contribution < 1.29 is 9.53 Å². The molecule has 0 spiro atoms. The first-order valence-corrected chi connectivity index (χ1v) is 9.44. The number of nitrogens with zero attached hydrogens (tertiary/aromatic N) is 3. The second kappa shape index (κ2) is 8.25. The maximum atomic E-state index is 12.0. The molecule has 0 unspecified atom stereocenters. The second-order valence-corrected chi connectivity index (χ2v) is 7.12. The molecule has 3 rings (SSSR count). The van der Waals surface area contributed by atoms with Gasteiger partial charge in [-0.2, -0.15) is 10.1 Å². The number of amides is 1. The van der Waals surface area contributed by atoms with Gasteiger partial charge in [0, 0.05) is 22.3 Å². The predicted molar refractivity (Wildman–Crippen MR) is 109 cm³/mol. The summed E-state index contributed by atoms with van der Waals surface area (Å²) in [6.07, 6.45) is 1.63. The zero-order valence-electron chi connectivity index (χ0n) is 14.2. The van der Waals surface area contributed by atoms with E-state index in [1.165, 1.54) is 23.3 Å². The van der Waals surface area contributed by atoms with Gasteiger partial charge >= 0.3 is 0 Å². The van der Waals surface area contributed by atoms with E-state index >= 15 is 0 Å². The summed E-state index contributed by atoms with van der Waals surface area (Å²) in [4.78, 5) is 16.6. The summed E-state index contributed by atoms with van der Waals surface area (Å²) in [6, 6.07) is 15.3. The molecular weight excluding hydrogens is 414 g/mol. The fourth-order valence-corrected chi connectivity index (χ4v) is 3.29. The molecule has 0 fully saturated rings. The molecule has 0 radical (unpaired) electrons. The Labute approximate surface area is 164 Å². The fraction of sp³-hybridized carbons (Fsp3) is 0.105. The highest BCUT2D eigenvalue weighted by Gasteiger charge is 2.15. The topological polar surface area (TPSA) is 54.8 Å². The maximum Gasteiger partial charge on any atom is 0.246 e. The van der Waals surface area contributed by atoms with Gasteiger partial charge in [-0.15, -0.1) is 11.3 Å². The van der Waals surface area contributed by atoms with Gasteiger partial charge < -0.3 is 4.74 Å². The molecule has 2 aromatic carbocycles. The van der Waals surface area contributed by atoms with E-state index in [9.17, 15) is 4.79 Å². The van der Waals surface area contributed by atoms with Crippen molar-refractivity contribution in [1.82, 2.24) is 4.98 Å². The van der Waals surface area contributed by atoms with Crippen molar-refractivity contribution in [1.29, 1.82) is 0 Å². The molecule has 0 aliphatic carbocycles. The fourth-order valence-electron chi connectivity index (χ4n) is 2.19. The Morgan fingerprint density at radius 2 is 1.88 bits per heavy atom. The monoisotopic (exact) mass is 429 g/mol. The zero-order chi connectivity index (χ0) is 18.5. The van der Waals surface area contributed by atoms with Crippen molar-refractivity contribution in [2.45, 2.75) is 6.92 Å². The lowest BCUT2D eigenvalue weighted by Gasteiger charge is -2.10. The minimum atomic E-state index is -0.202. The van der Waals surface area contributed by atoms with E-state index in [4.69, 9.17) is 4.74 Å². The van der Waals surface area contributed by atoms with E-state index < -0.39 is 0 Å². The number of ether oxygens (including phenoxy) is 1. The van der Waals surface area contributed by atoms with Gasteiger partial charge in [0.05, 0.1) is 19.0 Å². The van der Waals surface area contributed by atoms with Crippen LogP contribution >= 0.6 is 27.3 Å². The zero-order valence-corrected chi connectivity index (χ0v) is 16.6. The first-order chi connectivity index (χ1) is 12.6. The number of hydrazone groups is 1. The van der Waals surface area contributed by atoms with Crippen LogP contribution in [0.5, 0.6) is 5.75 Å². The summed E-state index contributed by atoms with van der Waals surface area (Å²) in [5, 5.41) is 8.04. The molecular formula is C19H16BrN3O2S. The number of hydrogen-bond acceptors (Lipinski definition) is 5. The molecule has 132 valence electrons. The summed E-state index contributed by atoms with van der Waals surface area (Å²) in [5.41, 5.74) is 2.66. The number of carbonyl (C=O) groups excluding carboxylic acids is 1. The van der Waals surface area contributed by atoms with Crippen LogP contribution in [0.2, 0.25) is 0 Å². The van der Waals surface area contributed by atoms with E-state index in [-0.39, 0.29) is 5.91 Å². The SMILES string of the molecule is COc1ccc(/C=N/N(C(C)=O)c2nc(-c3ccc(Br)cc3)cs2)cc1. The summed E-state index contributed by atoms with van der Waals surface area (Å²) >= 11 is 4.79. The van der Waals surface area contributed by atoms with Gasteiger partial charge in [-0.1, -0.05) is 28.1 Å². The lowest BCUT2D eigenvalue weighted by atomic mass is 10.2. The van der Waals surface area contributed by atoms with Crippen molar-refractivity contribution in [3.63, 3.8) is 0 Å². The van der Waals surface area contributed by atoms with Crippen LogP contribution < -0.4 is 9.75 Å². The van der Waals surface area contributed by atoms with Gasteiger partial charge in [0.1, 0.15) is 5.75 Å². The highest BCUT2D eigenvalue weighted by atomic mass is 79.9. The molecule has 7 heteroatoms. The number of hydrogen-bond donors (Lipinski definition) is 0. The minimum absolute atomic E-state index is 0.202. The highest BCUT2D eigenvalue weighted by molar-refractivity contribution is 9.10. The van der Waals surface area contributed by atoms with Crippen molar-refractivity contribution in [2.24, 2.45) is 5.10 Å². The first kappa shape index (κ1) is 18.3. The lowest BCUT2D eigenvalue weighted by molar-refractivity contribution is -0.116. The Balaban J connectivity index is 1.82. The Bertz CT molecular complexity index is 921. The molecule has 0 aliphatic heterocycles. The van der Waals surface area contributed by atoms with Gasteiger partial charge in [-0.3, -0.25) is 4.79 Å². The van der Waals surface area contributed by atoms with Gasteiger partial charge in [0.2, 0.25) is 11.0 Å². The van der Waals surface area contributed by atoms with Crippen LogP contribution in [-0.4, -0.2) is 24.2 Å². The van der Waals surface area contributed by atoms with E-state index in [0.717, 1.165) is 27.0 Å². The molecule has 5 nitrogen and oxygen atoms in total. The number of rotatable bonds is 5. The van der Waals surface area contributed by atoms with Crippen LogP contribution in [-0.2, 0) is 4.79 Å². The molecule has 3 aromatic rings. The molecule has 1 aromatic heterocycles. The second-order valence-electron chi connectivity index (χ2n) is 5.37. The molecule has 1 heterocycles. The number of methoxy groups -OCH3 is 1. The van der Waals surface area contributed by atoms with Crippen LogP contribution in [0.3, 0.4) is 0 Å². The molecule has 1 amide bonds. The number of carbonyl (C=O) groups is 1. The molecule has 0 aliphatic rings. The number of halogens is 1. The Hall–Kier alpha value is -2.51. The lowest BCUT2D eigenvalue weighted by Crippen LogP contribution is -2.22. The molecule has 0 atom stereocenters. The number of benzene rings is 2. The summed E-state index contributed by atoms with van der Waals surface area (Å²) < 4.78 is 6.14. The van der Waals surface area contributed by atoms with Crippen LogP contribution in [0.15, 0.2) is 63.5 Å². The molecule has 26 heavy (non-hydrogen) atoms. The minimum Gasteiger partial charge on any atom is -0.497 e. The average Bonchev–Trinajstić information content (AvgIpc) is 3.12. The maximum absolute atomic E-state index is 12.0. The average molecular weight is 430 g/mol. The third-order valence-corrected chi connectivity index (χ3v) is 4.89. The van der Waals surface area contributed by atoms with Gasteiger partial charge in [0.25, 0.3) is 0 Å². The van der Waals surface area contributed by atoms with E-state index in [1.807, 2.05) is 53.9 Å². The van der Waals surface area contributed by atoms with Crippen molar-refractivity contribution in [3.05, 3.63) is 63.9 Å². The summed E-state index contributed by atoms with van der Waals surface area (Å²) in [5.74, 6) is 0.566. The molecule has 0 saturated heterocycles. The third-order valence-electron chi connectivity index (χ3n) is 3.55. The highest BCUT2D eigenvalue weighted by Crippen LogP contribution is 2.28. The summed E-state index contributed by atoms with van der Waals surface area (Å²) in [7, 11) is 1.62. The molecule has 0 bridgehead atoms. The van der Waals surface area contributed by atoms with E-state index in [2.05, 4.69) is 26.0 Å². The molecule has 0 N–H and O–H groups in total. The van der Waals surface area contributed by atoms with Crippen molar-refractivity contribution >= 4 is 44.5 Å². The van der Waals surface area contributed by atoms with Gasteiger partial charge in [-0.25, -0.2) is 4.98 Å². The number of thiazole rings is 1. The van der Waals surface area contributed by atoms with Crippen molar-refractivity contribution in [3.8, 4) is 17.0 Å². The summed E-state index contributed by atoms with van der Waals surface area (Å²) in [6.45, 7) is 1.46. The standard InChI is InChI=1S/C19H16BrN3O2S/c1-13(24)23(21-11-14-3-9-17(25-2)10-4-14)19-22-18(12-26-19)15-5-7-16(20)8-6-15/h3-12H,1-2H3/b21-11+. The van der Waals surface area contributed by atoms with Crippen molar-refractivity contribution in [2.75, 3.05) is 12.1 Å². The largest absolute Gasteiger partial charge is 0.497 e. The first-order valence-electron chi connectivity index (χ1n) is 7.77. The third kappa shape index (κ3) is 4.36. The number of anilines is 1.